The smallest absolute Gasteiger partial charge is 0.0153 e. The molecule has 2 fully saturated rings. The summed E-state index contributed by atoms with van der Waals surface area (Å²) < 4.78 is 0. The predicted octanol–water partition coefficient (Wildman–Crippen LogP) is 2.30. The normalized spacial score (nSPS) is 30.6. The summed E-state index contributed by atoms with van der Waals surface area (Å²) in [5.41, 5.74) is 0.463. The van der Waals surface area contributed by atoms with E-state index in [-0.39, 0.29) is 0 Å². The van der Waals surface area contributed by atoms with Crippen LogP contribution in [0.5, 0.6) is 0 Å². The fraction of sp³-hybridized carbons (Fsp3) is 1.00. The Labute approximate surface area is 94.2 Å². The van der Waals surface area contributed by atoms with Gasteiger partial charge in [0.25, 0.3) is 0 Å². The van der Waals surface area contributed by atoms with Gasteiger partial charge in [0.05, 0.1) is 0 Å². The molecule has 1 saturated heterocycles. The molecule has 88 valence electrons. The maximum Gasteiger partial charge on any atom is 0.0153 e. The monoisotopic (exact) mass is 210 g/mol. The number of nitrogens with one attached hydrogen (secondary N) is 2. The highest BCUT2D eigenvalue weighted by Gasteiger charge is 2.26. The fourth-order valence-corrected chi connectivity index (χ4v) is 3.05. The minimum absolute atomic E-state index is 0.463. The zero-order valence-corrected chi connectivity index (χ0v) is 10.1. The van der Waals surface area contributed by atoms with Gasteiger partial charge in [0.1, 0.15) is 0 Å². The molecule has 1 unspecified atom stereocenters. The third-order valence-corrected chi connectivity index (χ3v) is 4.22. The molecule has 0 bridgehead atoms. The average Bonchev–Trinajstić information content (AvgIpc) is 2.71. The van der Waals surface area contributed by atoms with Gasteiger partial charge in [0.2, 0.25) is 0 Å². The van der Waals surface area contributed by atoms with E-state index in [0.29, 0.717) is 5.54 Å². The molecule has 15 heavy (non-hydrogen) atoms. The van der Waals surface area contributed by atoms with Gasteiger partial charge >= 0.3 is 0 Å². The lowest BCUT2D eigenvalue weighted by Crippen LogP contribution is -2.44. The van der Waals surface area contributed by atoms with E-state index in [1.807, 2.05) is 0 Å². The van der Waals surface area contributed by atoms with Crippen LogP contribution in [0.1, 0.15) is 51.9 Å². The summed E-state index contributed by atoms with van der Waals surface area (Å²) in [6, 6.07) is 0. The summed E-state index contributed by atoms with van der Waals surface area (Å²) in [4.78, 5) is 0. The summed E-state index contributed by atoms with van der Waals surface area (Å²) in [5, 5.41) is 7.24. The SMILES string of the molecule is CC1(NCCC2CCNC2)CCCCC1. The van der Waals surface area contributed by atoms with Crippen LogP contribution in [0.3, 0.4) is 0 Å². The second-order valence-corrected chi connectivity index (χ2v) is 5.70. The number of hydrogen-bond donors (Lipinski definition) is 2. The molecular formula is C13H26N2. The Morgan fingerprint density at radius 1 is 1.27 bits per heavy atom. The van der Waals surface area contributed by atoms with E-state index >= 15 is 0 Å². The van der Waals surface area contributed by atoms with Gasteiger partial charge in [-0.2, -0.15) is 0 Å². The molecule has 0 radical (unpaired) electrons. The molecular weight excluding hydrogens is 184 g/mol. The summed E-state index contributed by atoms with van der Waals surface area (Å²) in [6.45, 7) is 6.13. The molecule has 0 aromatic heterocycles. The fourth-order valence-electron chi connectivity index (χ4n) is 3.05. The Hall–Kier alpha value is -0.0800. The Kier molecular flexibility index (Phi) is 4.04. The molecule has 1 aliphatic heterocycles. The molecule has 0 aromatic rings. The lowest BCUT2D eigenvalue weighted by molar-refractivity contribution is 0.249. The van der Waals surface area contributed by atoms with E-state index in [4.69, 9.17) is 0 Å². The quantitative estimate of drug-likeness (QED) is 0.744. The zero-order valence-electron chi connectivity index (χ0n) is 10.1. The van der Waals surface area contributed by atoms with Gasteiger partial charge < -0.3 is 10.6 Å². The van der Waals surface area contributed by atoms with Gasteiger partial charge in [-0.1, -0.05) is 19.3 Å². The Balaban J connectivity index is 1.63. The van der Waals surface area contributed by atoms with Crippen molar-refractivity contribution in [3.63, 3.8) is 0 Å². The van der Waals surface area contributed by atoms with Gasteiger partial charge in [-0.25, -0.2) is 0 Å². The van der Waals surface area contributed by atoms with Crippen LogP contribution in [-0.4, -0.2) is 25.2 Å². The van der Waals surface area contributed by atoms with Gasteiger partial charge in [0, 0.05) is 5.54 Å². The van der Waals surface area contributed by atoms with Crippen LogP contribution in [0.2, 0.25) is 0 Å². The van der Waals surface area contributed by atoms with E-state index in [1.54, 1.807) is 0 Å². The summed E-state index contributed by atoms with van der Waals surface area (Å²) in [6.07, 6.45) is 9.82. The van der Waals surface area contributed by atoms with Crippen molar-refractivity contribution in [3.8, 4) is 0 Å². The zero-order chi connectivity index (χ0) is 10.6. The summed E-state index contributed by atoms with van der Waals surface area (Å²) >= 11 is 0. The first-order valence-corrected chi connectivity index (χ1v) is 6.74. The van der Waals surface area contributed by atoms with E-state index < -0.39 is 0 Å². The number of rotatable bonds is 4. The second kappa shape index (κ2) is 5.31. The maximum atomic E-state index is 3.80. The van der Waals surface area contributed by atoms with Crippen LogP contribution in [0.4, 0.5) is 0 Å². The molecule has 0 aromatic carbocycles. The molecule has 1 saturated carbocycles. The van der Waals surface area contributed by atoms with Gasteiger partial charge in [0.15, 0.2) is 0 Å². The predicted molar refractivity (Wildman–Crippen MR) is 65.1 cm³/mol. The first-order chi connectivity index (χ1) is 7.29. The highest BCUT2D eigenvalue weighted by Crippen LogP contribution is 2.27. The molecule has 1 atom stereocenters. The van der Waals surface area contributed by atoms with Crippen molar-refractivity contribution in [3.05, 3.63) is 0 Å². The number of hydrogen-bond acceptors (Lipinski definition) is 2. The van der Waals surface area contributed by atoms with Crippen molar-refractivity contribution in [2.45, 2.75) is 57.4 Å². The molecule has 2 N–H and O–H groups in total. The van der Waals surface area contributed by atoms with Crippen molar-refractivity contribution < 1.29 is 0 Å². The average molecular weight is 210 g/mol. The Bertz CT molecular complexity index is 179. The minimum atomic E-state index is 0.463. The van der Waals surface area contributed by atoms with Gasteiger partial charge in [-0.3, -0.25) is 0 Å². The largest absolute Gasteiger partial charge is 0.316 e. The van der Waals surface area contributed by atoms with Gasteiger partial charge in [-0.15, -0.1) is 0 Å². The van der Waals surface area contributed by atoms with E-state index in [1.165, 1.54) is 64.6 Å². The van der Waals surface area contributed by atoms with Crippen molar-refractivity contribution >= 4 is 0 Å². The molecule has 0 spiro atoms. The first kappa shape index (κ1) is 11.4. The lowest BCUT2D eigenvalue weighted by Gasteiger charge is -2.35. The minimum Gasteiger partial charge on any atom is -0.316 e. The third kappa shape index (κ3) is 3.46. The summed E-state index contributed by atoms with van der Waals surface area (Å²) in [5.74, 6) is 0.935. The highest BCUT2D eigenvalue weighted by atomic mass is 15.0. The maximum absolute atomic E-state index is 3.80. The third-order valence-electron chi connectivity index (χ3n) is 4.22. The summed E-state index contributed by atoms with van der Waals surface area (Å²) in [7, 11) is 0. The van der Waals surface area contributed by atoms with Crippen LogP contribution in [-0.2, 0) is 0 Å². The van der Waals surface area contributed by atoms with Crippen LogP contribution in [0, 0.1) is 5.92 Å². The van der Waals surface area contributed by atoms with E-state index in [9.17, 15) is 0 Å². The molecule has 2 aliphatic rings. The van der Waals surface area contributed by atoms with Crippen LogP contribution in [0.15, 0.2) is 0 Å². The van der Waals surface area contributed by atoms with E-state index in [2.05, 4.69) is 17.6 Å². The van der Waals surface area contributed by atoms with Crippen molar-refractivity contribution in [2.24, 2.45) is 5.92 Å². The first-order valence-electron chi connectivity index (χ1n) is 6.74. The molecule has 2 nitrogen and oxygen atoms in total. The van der Waals surface area contributed by atoms with Crippen molar-refractivity contribution in [1.82, 2.24) is 10.6 Å². The van der Waals surface area contributed by atoms with Crippen LogP contribution in [0.25, 0.3) is 0 Å². The molecule has 0 amide bonds. The van der Waals surface area contributed by atoms with Gasteiger partial charge in [-0.05, 0) is 58.2 Å². The molecule has 1 aliphatic carbocycles. The lowest BCUT2D eigenvalue weighted by atomic mass is 9.83. The highest BCUT2D eigenvalue weighted by molar-refractivity contribution is 4.86. The Morgan fingerprint density at radius 2 is 2.07 bits per heavy atom. The van der Waals surface area contributed by atoms with E-state index in [0.717, 1.165) is 5.92 Å². The Morgan fingerprint density at radius 3 is 2.73 bits per heavy atom. The molecule has 2 rings (SSSR count). The van der Waals surface area contributed by atoms with Crippen LogP contribution >= 0.6 is 0 Å². The molecule has 1 heterocycles. The van der Waals surface area contributed by atoms with Crippen molar-refractivity contribution in [2.75, 3.05) is 19.6 Å². The standard InChI is InChI=1S/C13H26N2/c1-13(7-3-2-4-8-13)15-10-6-12-5-9-14-11-12/h12,14-15H,2-11H2,1H3. The topological polar surface area (TPSA) is 24.1 Å². The van der Waals surface area contributed by atoms with Crippen molar-refractivity contribution in [1.29, 1.82) is 0 Å². The molecule has 2 heteroatoms. The van der Waals surface area contributed by atoms with Crippen LogP contribution < -0.4 is 10.6 Å². The second-order valence-electron chi connectivity index (χ2n) is 5.70.